The predicted octanol–water partition coefficient (Wildman–Crippen LogP) is 21.3. The van der Waals surface area contributed by atoms with Gasteiger partial charge in [-0.05, 0) is 197 Å². The number of fused-ring (bicyclic) bond motifs is 15. The van der Waals surface area contributed by atoms with Gasteiger partial charge >= 0.3 is 0 Å². The van der Waals surface area contributed by atoms with Crippen LogP contribution in [0.2, 0.25) is 0 Å². The molecule has 1 aliphatic carbocycles. The van der Waals surface area contributed by atoms with Gasteiger partial charge in [0.05, 0.1) is 33.6 Å². The molecule has 1 unspecified atom stereocenters. The van der Waals surface area contributed by atoms with Gasteiger partial charge in [-0.15, -0.1) is 0 Å². The summed E-state index contributed by atoms with van der Waals surface area (Å²) in [6.07, 6.45) is 0. The fourth-order valence-electron chi connectivity index (χ4n) is 14.0. The summed E-state index contributed by atoms with van der Waals surface area (Å²) in [4.78, 5) is 7.33. The van der Waals surface area contributed by atoms with Crippen LogP contribution < -0.4 is 19.4 Å². The Bertz CT molecular complexity index is 4750. The second-order valence-corrected chi connectivity index (χ2v) is 22.1. The highest BCUT2D eigenvalue weighted by Gasteiger charge is 2.55. The highest BCUT2D eigenvalue weighted by Crippen LogP contribution is 2.69. The van der Waals surface area contributed by atoms with Crippen molar-refractivity contribution in [2.75, 3.05) is 14.7 Å². The maximum Gasteiger partial charge on any atom is 0.151 e. The molecule has 0 N–H and O–H groups in total. The molecular weight excluding hydrogens is 999 g/mol. The van der Waals surface area contributed by atoms with Crippen molar-refractivity contribution in [3.05, 3.63) is 305 Å². The molecule has 3 aliphatic rings. The molecule has 0 amide bonds. The van der Waals surface area contributed by atoms with Gasteiger partial charge in [0.15, 0.2) is 11.5 Å². The van der Waals surface area contributed by atoms with Crippen molar-refractivity contribution in [3.63, 3.8) is 0 Å². The molecule has 0 radical (unpaired) electrons. The van der Waals surface area contributed by atoms with Gasteiger partial charge in [-0.25, -0.2) is 0 Å². The topological polar surface area (TPSA) is 32.1 Å². The zero-order chi connectivity index (χ0) is 54.8. The summed E-state index contributed by atoms with van der Waals surface area (Å²) >= 11 is 0. The first-order valence-electron chi connectivity index (χ1n) is 28.3. The number of nitrogens with zero attached hydrogens (tertiary/aromatic N) is 3. The molecule has 0 saturated heterocycles. The van der Waals surface area contributed by atoms with Crippen molar-refractivity contribution in [1.82, 2.24) is 0 Å². The van der Waals surface area contributed by atoms with Crippen LogP contribution in [0.4, 0.5) is 51.2 Å². The largest absolute Gasteiger partial charge is 0.455 e. The Balaban J connectivity index is 1.02. The second-order valence-electron chi connectivity index (χ2n) is 22.1. The predicted molar refractivity (Wildman–Crippen MR) is 339 cm³/mol. The van der Waals surface area contributed by atoms with Crippen LogP contribution >= 0.6 is 0 Å². The molecule has 0 bridgehead atoms. The van der Waals surface area contributed by atoms with E-state index in [-0.39, 0.29) is 0 Å². The Labute approximate surface area is 477 Å². The van der Waals surface area contributed by atoms with E-state index in [4.69, 9.17) is 9.15 Å². The summed E-state index contributed by atoms with van der Waals surface area (Å²) in [5, 5.41) is 2.11. The van der Waals surface area contributed by atoms with Crippen molar-refractivity contribution in [3.8, 4) is 44.9 Å². The number of hydrogen-bond donors (Lipinski definition) is 0. The summed E-state index contributed by atoms with van der Waals surface area (Å²) in [7, 11) is 0. The number of para-hydroxylation sites is 7. The van der Waals surface area contributed by atoms with Crippen molar-refractivity contribution in [2.24, 2.45) is 0 Å². The van der Waals surface area contributed by atoms with Gasteiger partial charge in [0.25, 0.3) is 0 Å². The van der Waals surface area contributed by atoms with Gasteiger partial charge in [0.1, 0.15) is 11.2 Å². The lowest BCUT2D eigenvalue weighted by Crippen LogP contribution is -2.37. The highest BCUT2D eigenvalue weighted by molar-refractivity contribution is 6.20. The fraction of sp³-hybridized carbons (Fsp3) is 0.0649. The minimum absolute atomic E-state index is 0.812. The highest BCUT2D eigenvalue weighted by atomic mass is 16.5. The lowest BCUT2D eigenvalue weighted by molar-refractivity contribution is 0.473. The van der Waals surface area contributed by atoms with E-state index in [0.717, 1.165) is 112 Å². The number of hydrogen-bond acceptors (Lipinski definition) is 5. The number of rotatable bonds is 8. The minimum atomic E-state index is -0.906. The lowest BCUT2D eigenvalue weighted by Gasteiger charge is -2.47. The van der Waals surface area contributed by atoms with Crippen LogP contribution in [0, 0.1) is 27.7 Å². The molecule has 13 aromatic rings. The SMILES string of the molecule is Cc1ccccc1-c1ccc(N(c2ccccc2)c2ccc3c(c2)C2(c4ccccc4N4c5ccccc5Oc5cccc2c54)c2cc(N(c4ccccc4)c4ccc(-c5ccccc5C)c(C)c4)c4c(oc5ccccc54)c2-3)cc1C. The number of anilines is 9. The number of ether oxygens (including phenoxy) is 1. The molecule has 2 aliphatic heterocycles. The van der Waals surface area contributed by atoms with E-state index in [2.05, 4.69) is 303 Å². The third-order valence-corrected chi connectivity index (χ3v) is 17.5. The molecule has 1 spiro atoms. The zero-order valence-corrected chi connectivity index (χ0v) is 46.0. The minimum Gasteiger partial charge on any atom is -0.455 e. The Kier molecular flexibility index (Phi) is 10.7. The first-order chi connectivity index (χ1) is 40.3. The molecule has 5 nitrogen and oxygen atoms in total. The number of furan rings is 1. The molecule has 1 atom stereocenters. The standard InChI is InChI=1S/C77H55N3O2/c1-48-22-11-13-28-57(48)59-41-38-54(44-50(59)3)78(52-24-7-5-8-25-52)56-40-43-61-65(46-56)77(63-31-16-17-33-67(63)80-68-34-18-20-36-71(68)81-72-37-21-32-64(77)75(72)80)66-47-69(74-62-30-15-19-35-70(62)82-76(74)73(61)66)79(53-26-9-6-10-27-53)55-39-42-60(51(4)45-55)58-29-14-12-23-49(58)2/h5-47H,1-4H3. The molecular formula is C77H55N3O2. The van der Waals surface area contributed by atoms with Crippen LogP contribution in [-0.2, 0) is 5.41 Å². The van der Waals surface area contributed by atoms with Gasteiger partial charge in [0, 0.05) is 39.4 Å². The van der Waals surface area contributed by atoms with Gasteiger partial charge in [0.2, 0.25) is 0 Å². The summed E-state index contributed by atoms with van der Waals surface area (Å²) in [6, 6.07) is 95.3. The molecule has 5 heteroatoms. The molecule has 82 heavy (non-hydrogen) atoms. The van der Waals surface area contributed by atoms with E-state index in [1.807, 2.05) is 0 Å². The Morgan fingerprint density at radius 2 is 0.878 bits per heavy atom. The fourth-order valence-corrected chi connectivity index (χ4v) is 14.0. The van der Waals surface area contributed by atoms with E-state index in [1.165, 1.54) is 50.1 Å². The van der Waals surface area contributed by atoms with Crippen molar-refractivity contribution < 1.29 is 9.15 Å². The van der Waals surface area contributed by atoms with E-state index >= 15 is 0 Å². The quantitative estimate of drug-likeness (QED) is 0.151. The second kappa shape index (κ2) is 18.3. The van der Waals surface area contributed by atoms with Crippen LogP contribution in [0.15, 0.2) is 265 Å². The van der Waals surface area contributed by atoms with E-state index in [9.17, 15) is 0 Å². The molecule has 3 heterocycles. The van der Waals surface area contributed by atoms with E-state index in [0.29, 0.717) is 0 Å². The monoisotopic (exact) mass is 1050 g/mol. The van der Waals surface area contributed by atoms with Crippen LogP contribution in [-0.4, -0.2) is 0 Å². The molecule has 390 valence electrons. The third kappa shape index (κ3) is 6.93. The van der Waals surface area contributed by atoms with E-state index in [1.54, 1.807) is 0 Å². The van der Waals surface area contributed by atoms with Gasteiger partial charge in [-0.3, -0.25) is 0 Å². The van der Waals surface area contributed by atoms with Crippen LogP contribution in [0.3, 0.4) is 0 Å². The van der Waals surface area contributed by atoms with Crippen LogP contribution in [0.5, 0.6) is 11.5 Å². The first-order valence-corrected chi connectivity index (χ1v) is 28.3. The van der Waals surface area contributed by atoms with E-state index < -0.39 is 5.41 Å². The third-order valence-electron chi connectivity index (χ3n) is 17.5. The molecule has 16 rings (SSSR count). The first kappa shape index (κ1) is 47.6. The Morgan fingerprint density at radius 3 is 1.56 bits per heavy atom. The molecule has 0 saturated carbocycles. The summed E-state index contributed by atoms with van der Waals surface area (Å²) < 4.78 is 14.5. The molecule has 1 aromatic heterocycles. The summed E-state index contributed by atoms with van der Waals surface area (Å²) in [5.74, 6) is 1.63. The number of aryl methyl sites for hydroxylation is 4. The summed E-state index contributed by atoms with van der Waals surface area (Å²) in [6.45, 7) is 8.87. The normalized spacial score (nSPS) is 14.2. The maximum atomic E-state index is 7.48. The maximum absolute atomic E-state index is 7.48. The smallest absolute Gasteiger partial charge is 0.151 e. The molecule has 0 fully saturated rings. The Hall–Kier alpha value is -10.4. The average Bonchev–Trinajstić information content (AvgIpc) is 1.95. The van der Waals surface area contributed by atoms with Crippen molar-refractivity contribution >= 4 is 73.1 Å². The van der Waals surface area contributed by atoms with Crippen molar-refractivity contribution in [2.45, 2.75) is 33.1 Å². The average molecular weight is 1050 g/mol. The lowest BCUT2D eigenvalue weighted by atomic mass is 9.64. The van der Waals surface area contributed by atoms with Crippen molar-refractivity contribution in [1.29, 1.82) is 0 Å². The van der Waals surface area contributed by atoms with Crippen LogP contribution in [0.25, 0.3) is 55.3 Å². The zero-order valence-electron chi connectivity index (χ0n) is 46.0. The Morgan fingerprint density at radius 1 is 0.354 bits per heavy atom. The van der Waals surface area contributed by atoms with Gasteiger partial charge < -0.3 is 23.9 Å². The van der Waals surface area contributed by atoms with Gasteiger partial charge in [-0.1, -0.05) is 164 Å². The summed E-state index contributed by atoms with van der Waals surface area (Å²) in [5.41, 5.74) is 26.9. The van der Waals surface area contributed by atoms with Gasteiger partial charge in [-0.2, -0.15) is 0 Å². The molecule has 12 aromatic carbocycles. The van der Waals surface area contributed by atoms with Crippen LogP contribution in [0.1, 0.15) is 44.5 Å². The number of benzene rings is 12.